The lowest BCUT2D eigenvalue weighted by Crippen LogP contribution is -2.22. The maximum Gasteiger partial charge on any atom is 0.160 e. The van der Waals surface area contributed by atoms with Crippen molar-refractivity contribution in [2.45, 2.75) is 5.92 Å². The number of fused-ring (bicyclic) bond motifs is 2. The molecule has 2 aliphatic rings. The zero-order valence-corrected chi connectivity index (χ0v) is 30.6. The molecule has 0 N–H and O–H groups in total. The molecule has 5 aromatic carbocycles. The molecule has 0 radical (unpaired) electrons. The first kappa shape index (κ1) is 33.3. The van der Waals surface area contributed by atoms with Crippen molar-refractivity contribution in [2.75, 3.05) is 0 Å². The molecule has 0 bridgehead atoms. The summed E-state index contributed by atoms with van der Waals surface area (Å²) in [4.78, 5) is 19.4. The van der Waals surface area contributed by atoms with Crippen molar-refractivity contribution < 1.29 is 0 Å². The smallest absolute Gasteiger partial charge is 0.160 e. The number of hydrogen-bond donors (Lipinski definition) is 0. The molecule has 0 fully saturated rings. The first-order valence-electron chi connectivity index (χ1n) is 19.0. The van der Waals surface area contributed by atoms with Crippen LogP contribution in [0, 0.1) is 5.92 Å². The molecule has 4 heteroatoms. The number of aromatic nitrogens is 4. The maximum absolute atomic E-state index is 5.31. The monoisotopic (exact) mass is 716 g/mol. The summed E-state index contributed by atoms with van der Waals surface area (Å²) in [6.07, 6.45) is 16.4. The molecule has 264 valence electrons. The largest absolute Gasteiger partial charge is 0.264 e. The summed E-state index contributed by atoms with van der Waals surface area (Å²) < 4.78 is 0. The van der Waals surface area contributed by atoms with Gasteiger partial charge in [-0.05, 0) is 80.9 Å². The Morgan fingerprint density at radius 2 is 1.02 bits per heavy atom. The van der Waals surface area contributed by atoms with Gasteiger partial charge in [-0.15, -0.1) is 0 Å². The van der Waals surface area contributed by atoms with Crippen LogP contribution in [0.4, 0.5) is 0 Å². The van der Waals surface area contributed by atoms with E-state index in [0.29, 0.717) is 5.82 Å². The fourth-order valence-electron chi connectivity index (χ4n) is 8.28. The molecule has 10 rings (SSSR count). The van der Waals surface area contributed by atoms with Crippen LogP contribution in [0.15, 0.2) is 212 Å². The van der Waals surface area contributed by atoms with Gasteiger partial charge in [-0.25, -0.2) is 9.97 Å². The lowest BCUT2D eigenvalue weighted by Gasteiger charge is -2.37. The molecule has 3 heterocycles. The van der Waals surface area contributed by atoms with Crippen molar-refractivity contribution in [1.29, 1.82) is 0 Å². The number of rotatable bonds is 7. The van der Waals surface area contributed by atoms with Gasteiger partial charge in [-0.3, -0.25) is 9.97 Å². The van der Waals surface area contributed by atoms with Crippen LogP contribution in [-0.4, -0.2) is 19.9 Å². The first-order valence-corrected chi connectivity index (χ1v) is 19.0. The molecule has 8 aromatic rings. The summed E-state index contributed by atoms with van der Waals surface area (Å²) in [6.45, 7) is 0. The van der Waals surface area contributed by atoms with E-state index in [4.69, 9.17) is 9.97 Å². The first-order chi connectivity index (χ1) is 27.8. The Labute approximate surface area is 327 Å². The minimum Gasteiger partial charge on any atom is -0.264 e. The fraction of sp³-hybridized carbons (Fsp3) is 0.0385. The van der Waals surface area contributed by atoms with E-state index >= 15 is 0 Å². The van der Waals surface area contributed by atoms with Crippen molar-refractivity contribution in [3.05, 3.63) is 235 Å². The van der Waals surface area contributed by atoms with Gasteiger partial charge in [-0.1, -0.05) is 146 Å². The van der Waals surface area contributed by atoms with Crippen LogP contribution >= 0.6 is 0 Å². The molecule has 2 unspecified atom stereocenters. The average molecular weight is 717 g/mol. The zero-order valence-electron chi connectivity index (χ0n) is 30.6. The summed E-state index contributed by atoms with van der Waals surface area (Å²) in [7, 11) is 0. The molecule has 0 saturated carbocycles. The third-order valence-corrected chi connectivity index (χ3v) is 10.9. The van der Waals surface area contributed by atoms with Crippen LogP contribution in [0.2, 0.25) is 0 Å². The summed E-state index contributed by atoms with van der Waals surface area (Å²) in [5, 5.41) is 0. The predicted molar refractivity (Wildman–Crippen MR) is 227 cm³/mol. The summed E-state index contributed by atoms with van der Waals surface area (Å²) in [5.41, 5.74) is 16.7. The molecule has 0 aliphatic heterocycles. The highest BCUT2D eigenvalue weighted by atomic mass is 14.9. The van der Waals surface area contributed by atoms with Crippen LogP contribution in [0.25, 0.3) is 61.7 Å². The molecular weight excluding hydrogens is 681 g/mol. The zero-order chi connectivity index (χ0) is 37.3. The predicted octanol–water partition coefficient (Wildman–Crippen LogP) is 12.3. The third kappa shape index (κ3) is 6.27. The van der Waals surface area contributed by atoms with Gasteiger partial charge in [0.1, 0.15) is 0 Å². The van der Waals surface area contributed by atoms with Crippen LogP contribution in [-0.2, 0) is 0 Å². The molecule has 2 atom stereocenters. The summed E-state index contributed by atoms with van der Waals surface area (Å²) in [6, 6.07) is 55.8. The number of hydrogen-bond acceptors (Lipinski definition) is 4. The summed E-state index contributed by atoms with van der Waals surface area (Å²) in [5.74, 6) is 0.972. The lowest BCUT2D eigenvalue weighted by atomic mass is 9.66. The fourth-order valence-corrected chi connectivity index (χ4v) is 8.28. The lowest BCUT2D eigenvalue weighted by molar-refractivity contribution is 0.649. The minimum absolute atomic E-state index is 0.116. The van der Waals surface area contributed by atoms with Crippen LogP contribution in [0.1, 0.15) is 28.2 Å². The van der Waals surface area contributed by atoms with Gasteiger partial charge in [0.2, 0.25) is 0 Å². The number of pyridine rings is 2. The summed E-state index contributed by atoms with van der Waals surface area (Å²) >= 11 is 0. The number of allylic oxidation sites excluding steroid dienone is 5. The second kappa shape index (κ2) is 14.5. The van der Waals surface area contributed by atoms with Crippen molar-refractivity contribution in [3.8, 4) is 56.2 Å². The SMILES string of the molecule is C1=CC2=C(c3ccccc3)c3ccccc3C(c3cccc(-c4nc(-c5cccc(-c6cccnc6)c5)cc(-c5cccc(-c6cccnc6)c5)n4)c3)C2C=C1. The Kier molecular flexibility index (Phi) is 8.62. The molecule has 0 amide bonds. The minimum atomic E-state index is 0.116. The normalized spacial score (nSPS) is 15.6. The highest BCUT2D eigenvalue weighted by Gasteiger charge is 2.35. The highest BCUT2D eigenvalue weighted by Crippen LogP contribution is 2.50. The van der Waals surface area contributed by atoms with Gasteiger partial charge in [0, 0.05) is 64.4 Å². The Bertz CT molecular complexity index is 2700. The Hall–Kier alpha value is -7.30. The molecule has 56 heavy (non-hydrogen) atoms. The molecule has 3 aromatic heterocycles. The van der Waals surface area contributed by atoms with E-state index in [1.54, 1.807) is 12.4 Å². The highest BCUT2D eigenvalue weighted by molar-refractivity contribution is 5.89. The van der Waals surface area contributed by atoms with E-state index in [9.17, 15) is 0 Å². The Morgan fingerprint density at radius 3 is 1.70 bits per heavy atom. The van der Waals surface area contributed by atoms with Crippen LogP contribution < -0.4 is 0 Å². The van der Waals surface area contributed by atoms with Gasteiger partial charge >= 0.3 is 0 Å². The van der Waals surface area contributed by atoms with E-state index in [0.717, 1.165) is 50.3 Å². The van der Waals surface area contributed by atoms with E-state index in [1.165, 1.54) is 33.4 Å². The van der Waals surface area contributed by atoms with Gasteiger partial charge in [0.25, 0.3) is 0 Å². The second-order valence-corrected chi connectivity index (χ2v) is 14.3. The van der Waals surface area contributed by atoms with Gasteiger partial charge in [0.05, 0.1) is 11.4 Å². The van der Waals surface area contributed by atoms with Crippen molar-refractivity contribution in [3.63, 3.8) is 0 Å². The van der Waals surface area contributed by atoms with E-state index in [1.807, 2.05) is 24.5 Å². The van der Waals surface area contributed by atoms with E-state index < -0.39 is 0 Å². The van der Waals surface area contributed by atoms with Gasteiger partial charge in [-0.2, -0.15) is 0 Å². The van der Waals surface area contributed by atoms with Crippen molar-refractivity contribution in [1.82, 2.24) is 19.9 Å². The van der Waals surface area contributed by atoms with Crippen molar-refractivity contribution in [2.24, 2.45) is 5.92 Å². The Balaban J connectivity index is 1.12. The maximum atomic E-state index is 5.31. The molecular formula is C52H36N4. The van der Waals surface area contributed by atoms with E-state index in [2.05, 4.69) is 180 Å². The number of benzene rings is 5. The standard InChI is InChI=1S/C52H36N4/c1-2-13-35(14-3-1)50-44-23-4-6-25-46(44)51(47-26-7-5-24-45(47)50)40-19-10-20-41(31-40)52-55-48(38-17-8-15-36(29-38)42-21-11-27-53-33-42)32-49(56-52)39-18-9-16-37(30-39)43-22-12-28-54-34-43/h1-34,46,51H. The van der Waals surface area contributed by atoms with Gasteiger partial charge < -0.3 is 0 Å². The average Bonchev–Trinajstić information content (AvgIpc) is 3.29. The quantitative estimate of drug-likeness (QED) is 0.165. The van der Waals surface area contributed by atoms with Crippen LogP contribution in [0.3, 0.4) is 0 Å². The number of nitrogens with zero attached hydrogens (tertiary/aromatic N) is 4. The van der Waals surface area contributed by atoms with Crippen LogP contribution in [0.5, 0.6) is 0 Å². The topological polar surface area (TPSA) is 51.6 Å². The Morgan fingerprint density at radius 1 is 0.429 bits per heavy atom. The third-order valence-electron chi connectivity index (χ3n) is 10.9. The molecule has 2 aliphatic carbocycles. The van der Waals surface area contributed by atoms with Crippen molar-refractivity contribution >= 4 is 5.57 Å². The molecule has 0 saturated heterocycles. The molecule has 4 nitrogen and oxygen atoms in total. The van der Waals surface area contributed by atoms with E-state index in [-0.39, 0.29) is 11.8 Å². The molecule has 0 spiro atoms. The van der Waals surface area contributed by atoms with Gasteiger partial charge in [0.15, 0.2) is 5.82 Å². The second-order valence-electron chi connectivity index (χ2n) is 14.3.